The summed E-state index contributed by atoms with van der Waals surface area (Å²) in [5.41, 5.74) is 5.02. The minimum absolute atomic E-state index is 0.0417. The molecule has 5 rings (SSSR count). The van der Waals surface area contributed by atoms with Crippen molar-refractivity contribution in [3.63, 3.8) is 0 Å². The molecule has 45 heavy (non-hydrogen) atoms. The van der Waals surface area contributed by atoms with Gasteiger partial charge in [-0.25, -0.2) is 9.18 Å². The Balaban J connectivity index is 1.40. The van der Waals surface area contributed by atoms with Crippen LogP contribution in [0.2, 0.25) is 0 Å². The van der Waals surface area contributed by atoms with Gasteiger partial charge in [-0.05, 0) is 66.8 Å². The SMILES string of the molecule is CCOC(=O)C1=C(C)N(Cc2cccc(C(=O)N(CCc3ccccc3)Cc3ccccc3)c2)C(=O)CC1c1ccc(F)cc1. The fourth-order valence-electron chi connectivity index (χ4n) is 5.79. The molecule has 2 amide bonds. The highest BCUT2D eigenvalue weighted by molar-refractivity contribution is 5.96. The van der Waals surface area contributed by atoms with Gasteiger partial charge in [-0.15, -0.1) is 0 Å². The van der Waals surface area contributed by atoms with Crippen LogP contribution in [0.3, 0.4) is 0 Å². The van der Waals surface area contributed by atoms with Crippen LogP contribution in [0.5, 0.6) is 0 Å². The van der Waals surface area contributed by atoms with Gasteiger partial charge >= 0.3 is 5.97 Å². The Kier molecular flexibility index (Phi) is 10.2. The monoisotopic (exact) mass is 604 g/mol. The number of amides is 2. The molecule has 1 atom stereocenters. The van der Waals surface area contributed by atoms with Gasteiger partial charge in [0.15, 0.2) is 0 Å². The van der Waals surface area contributed by atoms with E-state index in [0.717, 1.165) is 23.1 Å². The number of carbonyl (C=O) groups is 3. The lowest BCUT2D eigenvalue weighted by molar-refractivity contribution is -0.140. The largest absolute Gasteiger partial charge is 0.463 e. The molecule has 0 N–H and O–H groups in total. The maximum absolute atomic E-state index is 13.9. The molecular formula is C38H37FN2O4. The van der Waals surface area contributed by atoms with Crippen molar-refractivity contribution in [2.24, 2.45) is 0 Å². The van der Waals surface area contributed by atoms with Crippen molar-refractivity contribution in [1.29, 1.82) is 0 Å². The van der Waals surface area contributed by atoms with Gasteiger partial charge in [0.05, 0.1) is 18.7 Å². The molecule has 1 heterocycles. The molecule has 1 aliphatic rings. The Morgan fingerprint density at radius 1 is 0.867 bits per heavy atom. The van der Waals surface area contributed by atoms with Crippen molar-refractivity contribution in [3.8, 4) is 0 Å². The van der Waals surface area contributed by atoms with Gasteiger partial charge in [-0.2, -0.15) is 0 Å². The average Bonchev–Trinajstić information content (AvgIpc) is 3.06. The smallest absolute Gasteiger partial charge is 0.336 e. The number of carbonyl (C=O) groups excluding carboxylic acids is 3. The lowest BCUT2D eigenvalue weighted by Gasteiger charge is -2.34. The molecule has 0 bridgehead atoms. The van der Waals surface area contributed by atoms with Crippen LogP contribution in [-0.4, -0.2) is 40.7 Å². The van der Waals surface area contributed by atoms with E-state index in [9.17, 15) is 18.8 Å². The lowest BCUT2D eigenvalue weighted by Crippen LogP contribution is -2.38. The highest BCUT2D eigenvalue weighted by Gasteiger charge is 2.37. The predicted molar refractivity (Wildman–Crippen MR) is 171 cm³/mol. The number of halogens is 1. The summed E-state index contributed by atoms with van der Waals surface area (Å²) in [6, 6.07) is 33.2. The Labute approximate surface area is 263 Å². The molecule has 0 spiro atoms. The van der Waals surface area contributed by atoms with E-state index in [2.05, 4.69) is 12.1 Å². The summed E-state index contributed by atoms with van der Waals surface area (Å²) >= 11 is 0. The van der Waals surface area contributed by atoms with E-state index < -0.39 is 17.7 Å². The van der Waals surface area contributed by atoms with Crippen LogP contribution in [0.4, 0.5) is 4.39 Å². The minimum Gasteiger partial charge on any atom is -0.463 e. The fourth-order valence-corrected chi connectivity index (χ4v) is 5.79. The van der Waals surface area contributed by atoms with Gasteiger partial charge in [0.2, 0.25) is 5.91 Å². The number of allylic oxidation sites excluding steroid dienone is 1. The number of benzene rings is 4. The Morgan fingerprint density at radius 3 is 2.18 bits per heavy atom. The van der Waals surface area contributed by atoms with Crippen molar-refractivity contribution < 1.29 is 23.5 Å². The number of hydrogen-bond acceptors (Lipinski definition) is 4. The first-order valence-corrected chi connectivity index (χ1v) is 15.2. The van der Waals surface area contributed by atoms with E-state index in [1.54, 1.807) is 36.9 Å². The maximum Gasteiger partial charge on any atom is 0.336 e. The molecule has 0 aliphatic carbocycles. The van der Waals surface area contributed by atoms with Crippen molar-refractivity contribution in [2.75, 3.05) is 13.2 Å². The Morgan fingerprint density at radius 2 is 1.51 bits per heavy atom. The van der Waals surface area contributed by atoms with E-state index in [1.807, 2.05) is 71.6 Å². The topological polar surface area (TPSA) is 66.9 Å². The molecule has 1 aliphatic heterocycles. The zero-order valence-corrected chi connectivity index (χ0v) is 25.6. The number of nitrogens with zero attached hydrogens (tertiary/aromatic N) is 2. The summed E-state index contributed by atoms with van der Waals surface area (Å²) < 4.78 is 19.0. The zero-order chi connectivity index (χ0) is 31.8. The van der Waals surface area contributed by atoms with Crippen LogP contribution in [0.15, 0.2) is 120 Å². The standard InChI is InChI=1S/C38H37FN2O4/c1-3-45-38(44)36-27(2)41(35(42)24-34(36)31-17-19-33(39)20-18-31)26-30-15-10-16-32(23-30)37(43)40(25-29-13-8-5-9-14-29)22-21-28-11-6-4-7-12-28/h4-20,23,34H,3,21-22,24-26H2,1-2H3. The highest BCUT2D eigenvalue weighted by atomic mass is 19.1. The second kappa shape index (κ2) is 14.6. The quantitative estimate of drug-likeness (QED) is 0.172. The maximum atomic E-state index is 13.9. The predicted octanol–water partition coefficient (Wildman–Crippen LogP) is 7.06. The van der Waals surface area contributed by atoms with Crippen LogP contribution in [0.25, 0.3) is 0 Å². The molecule has 6 nitrogen and oxygen atoms in total. The molecule has 0 saturated heterocycles. The number of rotatable bonds is 11. The first-order chi connectivity index (χ1) is 21.8. The van der Waals surface area contributed by atoms with Gasteiger partial charge in [-0.3, -0.25) is 9.59 Å². The van der Waals surface area contributed by atoms with Crippen LogP contribution < -0.4 is 0 Å². The molecule has 7 heteroatoms. The molecule has 4 aromatic carbocycles. The zero-order valence-electron chi connectivity index (χ0n) is 25.6. The summed E-state index contributed by atoms with van der Waals surface area (Å²) in [6.07, 6.45) is 0.761. The summed E-state index contributed by atoms with van der Waals surface area (Å²) in [4.78, 5) is 44.0. The Hall–Kier alpha value is -5.04. The van der Waals surface area contributed by atoms with Crippen molar-refractivity contribution >= 4 is 17.8 Å². The van der Waals surface area contributed by atoms with Crippen LogP contribution >= 0.6 is 0 Å². The number of ether oxygens (including phenoxy) is 1. The molecule has 0 aromatic heterocycles. The third kappa shape index (κ3) is 7.73. The fraction of sp³-hybridized carbons (Fsp3) is 0.237. The normalized spacial score (nSPS) is 14.8. The van der Waals surface area contributed by atoms with Gasteiger partial charge in [0, 0.05) is 36.7 Å². The first-order valence-electron chi connectivity index (χ1n) is 15.2. The van der Waals surface area contributed by atoms with Gasteiger partial charge < -0.3 is 14.5 Å². The van der Waals surface area contributed by atoms with E-state index in [1.165, 1.54) is 12.1 Å². The Bertz CT molecular complexity index is 1670. The summed E-state index contributed by atoms with van der Waals surface area (Å²) in [5, 5.41) is 0. The third-order valence-corrected chi connectivity index (χ3v) is 8.12. The first kappa shape index (κ1) is 31.4. The average molecular weight is 605 g/mol. The third-order valence-electron chi connectivity index (χ3n) is 8.12. The number of esters is 1. The summed E-state index contributed by atoms with van der Waals surface area (Å²) in [7, 11) is 0. The van der Waals surface area contributed by atoms with E-state index in [-0.39, 0.29) is 31.4 Å². The molecule has 4 aromatic rings. The van der Waals surface area contributed by atoms with Crippen molar-refractivity contribution in [3.05, 3.63) is 154 Å². The van der Waals surface area contributed by atoms with Crippen LogP contribution in [0, 0.1) is 5.82 Å². The van der Waals surface area contributed by atoms with E-state index >= 15 is 0 Å². The van der Waals surface area contributed by atoms with Gasteiger partial charge in [-0.1, -0.05) is 84.9 Å². The van der Waals surface area contributed by atoms with E-state index in [0.29, 0.717) is 35.5 Å². The van der Waals surface area contributed by atoms with Crippen LogP contribution in [0.1, 0.15) is 58.8 Å². The van der Waals surface area contributed by atoms with Crippen molar-refractivity contribution in [2.45, 2.75) is 45.7 Å². The van der Waals surface area contributed by atoms with Crippen molar-refractivity contribution in [1.82, 2.24) is 9.80 Å². The molecule has 0 radical (unpaired) electrons. The molecule has 230 valence electrons. The van der Waals surface area contributed by atoms with Gasteiger partial charge in [0.25, 0.3) is 5.91 Å². The second-order valence-corrected chi connectivity index (χ2v) is 11.2. The highest BCUT2D eigenvalue weighted by Crippen LogP contribution is 2.38. The molecule has 1 unspecified atom stereocenters. The molecular weight excluding hydrogens is 567 g/mol. The number of hydrogen-bond donors (Lipinski definition) is 0. The molecule has 0 fully saturated rings. The van der Waals surface area contributed by atoms with E-state index in [4.69, 9.17) is 4.74 Å². The summed E-state index contributed by atoms with van der Waals surface area (Å²) in [6.45, 7) is 4.86. The second-order valence-electron chi connectivity index (χ2n) is 11.2. The van der Waals surface area contributed by atoms with Crippen LogP contribution in [-0.2, 0) is 33.8 Å². The summed E-state index contributed by atoms with van der Waals surface area (Å²) in [5.74, 6) is -1.70. The minimum atomic E-state index is -0.544. The van der Waals surface area contributed by atoms with Gasteiger partial charge in [0.1, 0.15) is 5.82 Å². The lowest BCUT2D eigenvalue weighted by atomic mass is 9.83. The molecule has 0 saturated carbocycles.